The highest BCUT2D eigenvalue weighted by atomic mass is 16.2. The number of anilines is 1. The molecule has 1 heterocycles. The standard InChI is InChI=1S/C14H18N4O/c1-14(2,15)12(19)17-13-16-8-9-18(13)10-11-6-4-3-5-7-11/h3-9H,10,15H2,1-2H3,(H,16,17,19). The summed E-state index contributed by atoms with van der Waals surface area (Å²) in [6, 6.07) is 9.98. The lowest BCUT2D eigenvalue weighted by Gasteiger charge is -2.18. The second-order valence-electron chi connectivity index (χ2n) is 5.04. The minimum absolute atomic E-state index is 0.256. The molecule has 0 aliphatic carbocycles. The number of nitrogens with one attached hydrogen (secondary N) is 1. The highest BCUT2D eigenvalue weighted by Gasteiger charge is 2.23. The molecule has 2 aromatic rings. The first kappa shape index (κ1) is 13.3. The SMILES string of the molecule is CC(C)(N)C(=O)Nc1nccn1Cc1ccccc1. The van der Waals surface area contributed by atoms with E-state index in [9.17, 15) is 4.79 Å². The summed E-state index contributed by atoms with van der Waals surface area (Å²) in [5.74, 6) is 0.250. The third-order valence-corrected chi connectivity index (χ3v) is 2.72. The molecular formula is C14H18N4O. The molecule has 0 atom stereocenters. The van der Waals surface area contributed by atoms with Crippen molar-refractivity contribution in [1.29, 1.82) is 0 Å². The topological polar surface area (TPSA) is 72.9 Å². The number of benzene rings is 1. The summed E-state index contributed by atoms with van der Waals surface area (Å²) in [4.78, 5) is 16.0. The number of rotatable bonds is 4. The van der Waals surface area contributed by atoms with Gasteiger partial charge in [0, 0.05) is 12.4 Å². The first-order chi connectivity index (χ1) is 8.97. The van der Waals surface area contributed by atoms with Gasteiger partial charge >= 0.3 is 0 Å². The fourth-order valence-electron chi connectivity index (χ4n) is 1.60. The minimum Gasteiger partial charge on any atom is -0.318 e. The minimum atomic E-state index is -0.927. The van der Waals surface area contributed by atoms with Gasteiger partial charge in [-0.2, -0.15) is 0 Å². The van der Waals surface area contributed by atoms with Gasteiger partial charge in [-0.15, -0.1) is 0 Å². The Morgan fingerprint density at radius 1 is 1.37 bits per heavy atom. The van der Waals surface area contributed by atoms with Gasteiger partial charge in [-0.05, 0) is 19.4 Å². The number of carbonyl (C=O) groups is 1. The molecule has 1 aromatic carbocycles. The molecule has 3 N–H and O–H groups in total. The molecule has 5 heteroatoms. The monoisotopic (exact) mass is 258 g/mol. The third-order valence-electron chi connectivity index (χ3n) is 2.72. The molecular weight excluding hydrogens is 240 g/mol. The van der Waals surface area contributed by atoms with Crippen LogP contribution in [0.5, 0.6) is 0 Å². The second-order valence-corrected chi connectivity index (χ2v) is 5.04. The number of nitrogens with zero attached hydrogens (tertiary/aromatic N) is 2. The van der Waals surface area contributed by atoms with Crippen LogP contribution in [-0.4, -0.2) is 21.0 Å². The van der Waals surface area contributed by atoms with E-state index in [4.69, 9.17) is 5.73 Å². The highest BCUT2D eigenvalue weighted by molar-refractivity contribution is 5.96. The first-order valence-corrected chi connectivity index (χ1v) is 6.12. The van der Waals surface area contributed by atoms with E-state index in [-0.39, 0.29) is 5.91 Å². The lowest BCUT2D eigenvalue weighted by atomic mass is 10.1. The number of carbonyl (C=O) groups excluding carboxylic acids is 1. The first-order valence-electron chi connectivity index (χ1n) is 6.12. The molecule has 19 heavy (non-hydrogen) atoms. The van der Waals surface area contributed by atoms with Crippen LogP contribution in [0.4, 0.5) is 5.95 Å². The van der Waals surface area contributed by atoms with Crippen molar-refractivity contribution in [2.75, 3.05) is 5.32 Å². The van der Waals surface area contributed by atoms with Crippen molar-refractivity contribution >= 4 is 11.9 Å². The maximum atomic E-state index is 11.8. The van der Waals surface area contributed by atoms with Crippen molar-refractivity contribution < 1.29 is 4.79 Å². The van der Waals surface area contributed by atoms with Gasteiger partial charge in [-0.1, -0.05) is 30.3 Å². The summed E-state index contributed by atoms with van der Waals surface area (Å²) in [6.07, 6.45) is 3.48. The van der Waals surface area contributed by atoms with E-state index in [2.05, 4.69) is 10.3 Å². The van der Waals surface area contributed by atoms with Gasteiger partial charge in [0.1, 0.15) is 0 Å². The van der Waals surface area contributed by atoms with Crippen molar-refractivity contribution in [3.8, 4) is 0 Å². The van der Waals surface area contributed by atoms with E-state index in [1.54, 1.807) is 20.0 Å². The zero-order chi connectivity index (χ0) is 13.9. The van der Waals surface area contributed by atoms with Gasteiger partial charge in [-0.3, -0.25) is 10.1 Å². The Kier molecular flexibility index (Phi) is 3.66. The fraction of sp³-hybridized carbons (Fsp3) is 0.286. The molecule has 0 radical (unpaired) electrons. The van der Waals surface area contributed by atoms with Gasteiger partial charge < -0.3 is 10.3 Å². The molecule has 1 aromatic heterocycles. The second kappa shape index (κ2) is 5.24. The van der Waals surface area contributed by atoms with Crippen molar-refractivity contribution in [1.82, 2.24) is 9.55 Å². The maximum absolute atomic E-state index is 11.8. The van der Waals surface area contributed by atoms with Gasteiger partial charge in [0.15, 0.2) is 0 Å². The van der Waals surface area contributed by atoms with Crippen molar-refractivity contribution in [2.45, 2.75) is 25.9 Å². The molecule has 1 amide bonds. The molecule has 0 saturated heterocycles. The lowest BCUT2D eigenvalue weighted by Crippen LogP contribution is -2.45. The van der Waals surface area contributed by atoms with Crippen molar-refractivity contribution in [3.05, 3.63) is 48.3 Å². The predicted octanol–water partition coefficient (Wildman–Crippen LogP) is 1.61. The van der Waals surface area contributed by atoms with E-state index in [1.165, 1.54) is 0 Å². The number of nitrogens with two attached hydrogens (primary N) is 1. The summed E-state index contributed by atoms with van der Waals surface area (Å²) < 4.78 is 1.87. The zero-order valence-corrected chi connectivity index (χ0v) is 11.1. The van der Waals surface area contributed by atoms with Crippen LogP contribution in [0, 0.1) is 0 Å². The Hall–Kier alpha value is -2.14. The van der Waals surface area contributed by atoms with Gasteiger partial charge in [0.2, 0.25) is 11.9 Å². The highest BCUT2D eigenvalue weighted by Crippen LogP contribution is 2.11. The zero-order valence-electron chi connectivity index (χ0n) is 11.1. The van der Waals surface area contributed by atoms with E-state index in [1.807, 2.05) is 41.1 Å². The number of hydrogen-bond acceptors (Lipinski definition) is 3. The molecule has 0 aliphatic rings. The number of aromatic nitrogens is 2. The average molecular weight is 258 g/mol. The maximum Gasteiger partial charge on any atom is 0.246 e. The summed E-state index contributed by atoms with van der Waals surface area (Å²) in [5, 5.41) is 2.74. The molecule has 0 aliphatic heterocycles. The molecule has 100 valence electrons. The molecule has 0 fully saturated rings. The van der Waals surface area contributed by atoms with E-state index in [0.717, 1.165) is 5.56 Å². The van der Waals surface area contributed by atoms with Gasteiger partial charge in [0.25, 0.3) is 0 Å². The summed E-state index contributed by atoms with van der Waals surface area (Å²) in [6.45, 7) is 3.97. The van der Waals surface area contributed by atoms with Gasteiger partial charge in [0.05, 0.1) is 12.1 Å². The fourth-order valence-corrected chi connectivity index (χ4v) is 1.60. The Labute approximate surface area is 112 Å². The molecule has 2 rings (SSSR count). The van der Waals surface area contributed by atoms with Crippen molar-refractivity contribution in [2.24, 2.45) is 5.73 Å². The quantitative estimate of drug-likeness (QED) is 0.875. The summed E-state index contributed by atoms with van der Waals surface area (Å²) in [5.41, 5.74) is 5.96. The van der Waals surface area contributed by atoms with Crippen LogP contribution in [0.2, 0.25) is 0 Å². The molecule has 5 nitrogen and oxygen atoms in total. The average Bonchev–Trinajstić information content (AvgIpc) is 2.77. The van der Waals surface area contributed by atoms with Gasteiger partial charge in [-0.25, -0.2) is 4.98 Å². The Morgan fingerprint density at radius 2 is 2.05 bits per heavy atom. The van der Waals surface area contributed by atoms with Crippen LogP contribution >= 0.6 is 0 Å². The van der Waals surface area contributed by atoms with Crippen molar-refractivity contribution in [3.63, 3.8) is 0 Å². The molecule has 0 bridgehead atoms. The van der Waals surface area contributed by atoms with Crippen LogP contribution in [0.3, 0.4) is 0 Å². The normalized spacial score (nSPS) is 11.3. The smallest absolute Gasteiger partial charge is 0.246 e. The van der Waals surface area contributed by atoms with Crippen LogP contribution < -0.4 is 11.1 Å². The third kappa shape index (κ3) is 3.42. The lowest BCUT2D eigenvalue weighted by molar-refractivity contribution is -0.120. The largest absolute Gasteiger partial charge is 0.318 e. The van der Waals surface area contributed by atoms with Crippen LogP contribution in [0.15, 0.2) is 42.7 Å². The van der Waals surface area contributed by atoms with Crippen LogP contribution in [0.1, 0.15) is 19.4 Å². The van der Waals surface area contributed by atoms with E-state index in [0.29, 0.717) is 12.5 Å². The summed E-state index contributed by atoms with van der Waals surface area (Å²) in [7, 11) is 0. The number of hydrogen-bond donors (Lipinski definition) is 2. The Bertz CT molecular complexity index is 554. The molecule has 0 spiro atoms. The van der Waals surface area contributed by atoms with Crippen LogP contribution in [-0.2, 0) is 11.3 Å². The Balaban J connectivity index is 2.12. The molecule has 0 saturated carbocycles. The Morgan fingerprint density at radius 3 is 2.68 bits per heavy atom. The molecule has 0 unspecified atom stereocenters. The number of amides is 1. The predicted molar refractivity (Wildman–Crippen MR) is 74.7 cm³/mol. The summed E-state index contributed by atoms with van der Waals surface area (Å²) >= 11 is 0. The number of imidazole rings is 1. The van der Waals surface area contributed by atoms with E-state index >= 15 is 0 Å². The van der Waals surface area contributed by atoms with E-state index < -0.39 is 5.54 Å². The van der Waals surface area contributed by atoms with Crippen LogP contribution in [0.25, 0.3) is 0 Å².